The standard InChI is InChI=1S/C29H39N5O7/c1-6-7-13-23(26(36)31-21-14-16-22(17-15-21)34(39)40)32-25(35)19(2)30-27(37)24(18-20-11-9-8-10-12-20)33-28(38)41-29(3,4)5/h8-12,14-17,19,23-24H,6-7,13,18H2,1-5H3,(H,30,37)(H,31,36)(H,32,35)(H,33,38)/t19-,23-,24-/m0/s1. The van der Waals surface area contributed by atoms with Crippen LogP contribution < -0.4 is 21.3 Å². The summed E-state index contributed by atoms with van der Waals surface area (Å²) in [5.41, 5.74) is 0.251. The summed E-state index contributed by atoms with van der Waals surface area (Å²) in [4.78, 5) is 61.9. The first-order chi connectivity index (χ1) is 19.3. The number of alkyl carbamates (subject to hydrolysis) is 1. The fourth-order valence-electron chi connectivity index (χ4n) is 3.76. The van der Waals surface area contributed by atoms with Crippen LogP contribution in [0.15, 0.2) is 54.6 Å². The Morgan fingerprint density at radius 1 is 0.878 bits per heavy atom. The summed E-state index contributed by atoms with van der Waals surface area (Å²) in [7, 11) is 0. The van der Waals surface area contributed by atoms with E-state index in [1.54, 1.807) is 20.8 Å². The van der Waals surface area contributed by atoms with Crippen LogP contribution >= 0.6 is 0 Å². The predicted octanol–water partition coefficient (Wildman–Crippen LogP) is 3.85. The molecule has 0 aromatic heterocycles. The topological polar surface area (TPSA) is 169 Å². The molecule has 0 aliphatic heterocycles. The third-order valence-electron chi connectivity index (χ3n) is 5.87. The number of amides is 4. The molecule has 0 saturated heterocycles. The maximum atomic E-state index is 13.2. The Morgan fingerprint density at radius 3 is 2.07 bits per heavy atom. The Labute approximate surface area is 239 Å². The number of anilines is 1. The highest BCUT2D eigenvalue weighted by Gasteiger charge is 2.29. The minimum absolute atomic E-state index is 0.116. The quantitative estimate of drug-likeness (QED) is 0.210. The Balaban J connectivity index is 2.08. The van der Waals surface area contributed by atoms with Crippen LogP contribution in [0.3, 0.4) is 0 Å². The van der Waals surface area contributed by atoms with Gasteiger partial charge >= 0.3 is 6.09 Å². The lowest BCUT2D eigenvalue weighted by molar-refractivity contribution is -0.384. The number of nitro groups is 1. The molecule has 0 spiro atoms. The summed E-state index contributed by atoms with van der Waals surface area (Å²) < 4.78 is 5.30. The van der Waals surface area contributed by atoms with Gasteiger partial charge in [-0.1, -0.05) is 50.1 Å². The van der Waals surface area contributed by atoms with Gasteiger partial charge in [-0.05, 0) is 51.8 Å². The SMILES string of the molecule is CCCC[C@H](NC(=O)[C@H](C)NC(=O)[C@H](Cc1ccccc1)NC(=O)OC(C)(C)C)C(=O)Nc1ccc([N+](=O)[O-])cc1. The van der Waals surface area contributed by atoms with Crippen molar-refractivity contribution in [1.82, 2.24) is 16.0 Å². The van der Waals surface area contributed by atoms with Gasteiger partial charge in [-0.15, -0.1) is 0 Å². The largest absolute Gasteiger partial charge is 0.444 e. The fraction of sp³-hybridized carbons (Fsp3) is 0.448. The molecule has 4 N–H and O–H groups in total. The third-order valence-corrected chi connectivity index (χ3v) is 5.87. The molecular formula is C29H39N5O7. The number of carbonyl (C=O) groups excluding carboxylic acids is 4. The Hall–Kier alpha value is -4.48. The average molecular weight is 570 g/mol. The maximum Gasteiger partial charge on any atom is 0.408 e. The normalized spacial score (nSPS) is 13.2. The number of benzene rings is 2. The van der Waals surface area contributed by atoms with Crippen molar-refractivity contribution in [3.05, 3.63) is 70.3 Å². The number of hydrogen-bond acceptors (Lipinski definition) is 7. The van der Waals surface area contributed by atoms with Crippen LogP contribution in [-0.2, 0) is 25.5 Å². The van der Waals surface area contributed by atoms with Gasteiger partial charge < -0.3 is 26.0 Å². The van der Waals surface area contributed by atoms with Crippen LogP contribution in [0.5, 0.6) is 0 Å². The first kappa shape index (κ1) is 32.7. The molecule has 0 bridgehead atoms. The molecular weight excluding hydrogens is 530 g/mol. The Morgan fingerprint density at radius 2 is 1.51 bits per heavy atom. The zero-order chi connectivity index (χ0) is 30.6. The van der Waals surface area contributed by atoms with Gasteiger partial charge in [0.15, 0.2) is 0 Å². The van der Waals surface area contributed by atoms with Crippen molar-refractivity contribution in [1.29, 1.82) is 0 Å². The molecule has 2 rings (SSSR count). The Kier molecular flexibility index (Phi) is 12.2. The van der Waals surface area contributed by atoms with Gasteiger partial charge in [0, 0.05) is 24.2 Å². The zero-order valence-electron chi connectivity index (χ0n) is 24.1. The summed E-state index contributed by atoms with van der Waals surface area (Å²) >= 11 is 0. The highest BCUT2D eigenvalue weighted by molar-refractivity contribution is 5.98. The minimum Gasteiger partial charge on any atom is -0.444 e. The van der Waals surface area contributed by atoms with E-state index >= 15 is 0 Å². The molecule has 0 fully saturated rings. The number of carbonyl (C=O) groups is 4. The number of ether oxygens (including phenoxy) is 1. The molecule has 0 heterocycles. The van der Waals surface area contributed by atoms with Crippen LogP contribution in [0.25, 0.3) is 0 Å². The van der Waals surface area contributed by atoms with Gasteiger partial charge in [0.2, 0.25) is 17.7 Å². The molecule has 41 heavy (non-hydrogen) atoms. The summed E-state index contributed by atoms with van der Waals surface area (Å²) in [6.07, 6.45) is 1.17. The molecule has 222 valence electrons. The molecule has 0 aliphatic carbocycles. The highest BCUT2D eigenvalue weighted by atomic mass is 16.6. The number of hydrogen-bond donors (Lipinski definition) is 4. The lowest BCUT2D eigenvalue weighted by Crippen LogP contribution is -2.56. The number of nitrogens with zero attached hydrogens (tertiary/aromatic N) is 1. The van der Waals surface area contributed by atoms with Crippen molar-refractivity contribution in [2.24, 2.45) is 0 Å². The van der Waals surface area contributed by atoms with Gasteiger partial charge in [0.05, 0.1) is 4.92 Å². The zero-order valence-corrected chi connectivity index (χ0v) is 24.1. The first-order valence-corrected chi connectivity index (χ1v) is 13.5. The van der Waals surface area contributed by atoms with E-state index in [2.05, 4.69) is 21.3 Å². The molecule has 4 amide bonds. The number of unbranched alkanes of at least 4 members (excludes halogenated alkanes) is 1. The fourth-order valence-corrected chi connectivity index (χ4v) is 3.76. The summed E-state index contributed by atoms with van der Waals surface area (Å²) in [5, 5.41) is 21.4. The molecule has 0 unspecified atom stereocenters. The van der Waals surface area contributed by atoms with Crippen molar-refractivity contribution in [3.8, 4) is 0 Å². The van der Waals surface area contributed by atoms with E-state index in [0.717, 1.165) is 12.0 Å². The van der Waals surface area contributed by atoms with Crippen molar-refractivity contribution in [3.63, 3.8) is 0 Å². The van der Waals surface area contributed by atoms with Crippen LogP contribution in [-0.4, -0.2) is 52.5 Å². The molecule has 2 aromatic carbocycles. The lowest BCUT2D eigenvalue weighted by atomic mass is 10.0. The number of non-ortho nitro benzene ring substituents is 1. The maximum absolute atomic E-state index is 13.2. The molecule has 12 nitrogen and oxygen atoms in total. The van der Waals surface area contributed by atoms with Crippen molar-refractivity contribution in [2.45, 2.75) is 84.0 Å². The number of nitro benzene ring substituents is 1. The third kappa shape index (κ3) is 11.7. The minimum atomic E-state index is -1.03. The molecule has 2 aromatic rings. The average Bonchev–Trinajstić information content (AvgIpc) is 2.90. The van der Waals surface area contributed by atoms with E-state index in [1.807, 2.05) is 37.3 Å². The second-order valence-electron chi connectivity index (χ2n) is 10.6. The summed E-state index contributed by atoms with van der Waals surface area (Å²) in [6.45, 7) is 8.54. The second-order valence-corrected chi connectivity index (χ2v) is 10.6. The molecule has 0 aliphatic rings. The van der Waals surface area contributed by atoms with E-state index < -0.39 is 52.5 Å². The van der Waals surface area contributed by atoms with E-state index in [-0.39, 0.29) is 12.1 Å². The molecule has 0 radical (unpaired) electrons. The first-order valence-electron chi connectivity index (χ1n) is 13.5. The van der Waals surface area contributed by atoms with Gasteiger partial charge in [-0.25, -0.2) is 4.79 Å². The van der Waals surface area contributed by atoms with Crippen LogP contribution in [0.2, 0.25) is 0 Å². The lowest BCUT2D eigenvalue weighted by Gasteiger charge is -2.25. The Bertz CT molecular complexity index is 1200. The number of nitrogens with one attached hydrogen (secondary N) is 4. The molecule has 12 heteroatoms. The van der Waals surface area contributed by atoms with Gasteiger partial charge in [0.25, 0.3) is 5.69 Å². The summed E-state index contributed by atoms with van der Waals surface area (Å²) in [5.74, 6) is -1.68. The highest BCUT2D eigenvalue weighted by Crippen LogP contribution is 2.16. The van der Waals surface area contributed by atoms with Gasteiger partial charge in [0.1, 0.15) is 23.7 Å². The van der Waals surface area contributed by atoms with Gasteiger partial charge in [-0.3, -0.25) is 24.5 Å². The summed E-state index contributed by atoms with van der Waals surface area (Å²) in [6, 6.07) is 11.5. The van der Waals surface area contributed by atoms with E-state index in [0.29, 0.717) is 18.5 Å². The monoisotopic (exact) mass is 569 g/mol. The van der Waals surface area contributed by atoms with E-state index in [9.17, 15) is 29.3 Å². The molecule has 3 atom stereocenters. The van der Waals surface area contributed by atoms with Crippen molar-refractivity contribution in [2.75, 3.05) is 5.32 Å². The molecule has 0 saturated carbocycles. The van der Waals surface area contributed by atoms with Crippen molar-refractivity contribution < 1.29 is 28.8 Å². The van der Waals surface area contributed by atoms with Crippen LogP contribution in [0.4, 0.5) is 16.2 Å². The number of rotatable bonds is 13. The predicted molar refractivity (Wildman–Crippen MR) is 154 cm³/mol. The van der Waals surface area contributed by atoms with Crippen LogP contribution in [0.1, 0.15) is 59.4 Å². The van der Waals surface area contributed by atoms with Crippen LogP contribution in [0, 0.1) is 10.1 Å². The second kappa shape index (κ2) is 15.3. The van der Waals surface area contributed by atoms with Gasteiger partial charge in [-0.2, -0.15) is 0 Å². The van der Waals surface area contributed by atoms with E-state index in [4.69, 9.17) is 4.74 Å². The smallest absolute Gasteiger partial charge is 0.408 e. The van der Waals surface area contributed by atoms with Crippen molar-refractivity contribution >= 4 is 35.2 Å². The van der Waals surface area contributed by atoms with E-state index in [1.165, 1.54) is 31.2 Å².